The second-order valence-electron chi connectivity index (χ2n) is 7.15. The maximum absolute atomic E-state index is 12.3. The Hall–Kier alpha value is -3.08. The molecule has 0 heterocycles. The highest BCUT2D eigenvalue weighted by atomic mass is 16.5. The average molecular weight is 365 g/mol. The van der Waals surface area contributed by atoms with E-state index < -0.39 is 16.4 Å². The van der Waals surface area contributed by atoms with Crippen LogP contribution in [0.25, 0.3) is 11.1 Å². The molecule has 0 unspecified atom stereocenters. The first-order valence-electron chi connectivity index (χ1n) is 8.74. The van der Waals surface area contributed by atoms with E-state index in [2.05, 4.69) is 5.32 Å². The Balaban J connectivity index is 1.92. The van der Waals surface area contributed by atoms with Gasteiger partial charge in [0.05, 0.1) is 25.5 Å². The molecule has 0 fully saturated rings. The number of hydrogen-bond donors (Lipinski definition) is 1. The first-order chi connectivity index (χ1) is 12.9. The predicted molar refractivity (Wildman–Crippen MR) is 108 cm³/mol. The lowest BCUT2D eigenvalue weighted by Gasteiger charge is -2.29. The van der Waals surface area contributed by atoms with Crippen molar-refractivity contribution in [2.75, 3.05) is 19.5 Å². The smallest absolute Gasteiger partial charge is 0.250 e. The summed E-state index contributed by atoms with van der Waals surface area (Å²) in [7, 11) is 3.08. The Bertz CT molecular complexity index is 1010. The predicted octanol–water partition coefficient (Wildman–Crippen LogP) is 3.40. The van der Waals surface area contributed by atoms with Crippen LogP contribution in [0.3, 0.4) is 0 Å². The van der Waals surface area contributed by atoms with Gasteiger partial charge in [0.15, 0.2) is 11.5 Å². The number of nitrogens with one attached hydrogen (secondary N) is 1. The van der Waals surface area contributed by atoms with Gasteiger partial charge in [0, 0.05) is 5.54 Å². The zero-order chi connectivity index (χ0) is 19.6. The van der Waals surface area contributed by atoms with Crippen LogP contribution in [0.1, 0.15) is 19.4 Å². The maximum atomic E-state index is 12.3. The van der Waals surface area contributed by atoms with Gasteiger partial charge >= 0.3 is 0 Å². The fourth-order valence-electron chi connectivity index (χ4n) is 3.27. The average Bonchev–Trinajstić information content (AvgIpc) is 2.67. The summed E-state index contributed by atoms with van der Waals surface area (Å²) in [5.41, 5.74) is 1.17. The quantitative estimate of drug-likeness (QED) is 0.650. The molecule has 140 valence electrons. The summed E-state index contributed by atoms with van der Waals surface area (Å²) >= 11 is 0. The first kappa shape index (κ1) is 18.7. The molecule has 0 aliphatic rings. The summed E-state index contributed by atoms with van der Waals surface area (Å²) in [6, 6.07) is 15.2. The van der Waals surface area contributed by atoms with Gasteiger partial charge in [-0.05, 0) is 43.5 Å². The van der Waals surface area contributed by atoms with Crippen LogP contribution in [0, 0.1) is 0 Å². The molecule has 5 nitrogen and oxygen atoms in total. The molecular weight excluding hydrogens is 342 g/mol. The highest BCUT2D eigenvalue weighted by Crippen LogP contribution is 2.34. The van der Waals surface area contributed by atoms with E-state index in [1.807, 2.05) is 44.2 Å². The van der Waals surface area contributed by atoms with Gasteiger partial charge in [0.25, 0.3) is 0 Å². The summed E-state index contributed by atoms with van der Waals surface area (Å²) in [6.45, 7) is 4.02. The molecule has 0 aliphatic carbocycles. The van der Waals surface area contributed by atoms with Crippen LogP contribution >= 0.6 is 0 Å². The third kappa shape index (κ3) is 3.72. The molecule has 0 spiro atoms. The summed E-state index contributed by atoms with van der Waals surface area (Å²) < 4.78 is 10.5. The molecule has 0 radical (unpaired) electrons. The van der Waals surface area contributed by atoms with Crippen LogP contribution in [-0.4, -0.2) is 19.8 Å². The molecule has 3 aromatic carbocycles. The molecule has 0 atom stereocenters. The van der Waals surface area contributed by atoms with E-state index in [4.69, 9.17) is 9.47 Å². The number of hydrogen-bond acceptors (Lipinski definition) is 5. The Morgan fingerprint density at radius 3 is 2.19 bits per heavy atom. The van der Waals surface area contributed by atoms with E-state index in [0.29, 0.717) is 28.3 Å². The van der Waals surface area contributed by atoms with Crippen molar-refractivity contribution in [3.8, 4) is 22.6 Å². The minimum absolute atomic E-state index is 0.355. The van der Waals surface area contributed by atoms with E-state index in [1.54, 1.807) is 25.3 Å². The molecule has 3 aromatic rings. The fraction of sp³-hybridized carbons (Fsp3) is 0.273. The number of anilines is 1. The molecule has 5 heteroatoms. The van der Waals surface area contributed by atoms with Crippen molar-refractivity contribution >= 4 is 5.69 Å². The van der Waals surface area contributed by atoms with Crippen molar-refractivity contribution in [1.82, 2.24) is 0 Å². The van der Waals surface area contributed by atoms with E-state index in [0.717, 1.165) is 12.0 Å². The van der Waals surface area contributed by atoms with Gasteiger partial charge in [-0.25, -0.2) is 0 Å². The lowest BCUT2D eigenvalue weighted by atomic mass is 9.91. The van der Waals surface area contributed by atoms with Crippen molar-refractivity contribution in [1.29, 1.82) is 0 Å². The highest BCUT2D eigenvalue weighted by Gasteiger charge is 2.28. The summed E-state index contributed by atoms with van der Waals surface area (Å²) in [5.74, 6) is 1.08. The standard InChI is InChI=1S/C22H23NO4/c1-22(2,13-14-8-6-5-7-9-14)23-19-18(20(24)21(19)25)15-10-11-16(26-3)17(12-15)27-4/h5-12,23H,13H2,1-4H3. The van der Waals surface area contributed by atoms with Crippen LogP contribution in [-0.2, 0) is 6.42 Å². The van der Waals surface area contributed by atoms with Crippen LogP contribution in [0.2, 0.25) is 0 Å². The van der Waals surface area contributed by atoms with E-state index in [1.165, 1.54) is 7.11 Å². The Morgan fingerprint density at radius 1 is 0.889 bits per heavy atom. The van der Waals surface area contributed by atoms with Gasteiger partial charge in [0.2, 0.25) is 10.9 Å². The summed E-state index contributed by atoms with van der Waals surface area (Å²) in [6.07, 6.45) is 0.720. The highest BCUT2D eigenvalue weighted by molar-refractivity contribution is 5.83. The number of rotatable bonds is 7. The Labute approximate surface area is 158 Å². The molecule has 0 aliphatic heterocycles. The minimum Gasteiger partial charge on any atom is -0.493 e. The normalized spacial score (nSPS) is 11.4. The molecule has 1 N–H and O–H groups in total. The molecule has 0 saturated carbocycles. The van der Waals surface area contributed by atoms with Crippen LogP contribution in [0.15, 0.2) is 58.1 Å². The largest absolute Gasteiger partial charge is 0.493 e. The van der Waals surface area contributed by atoms with Crippen LogP contribution in [0.5, 0.6) is 11.5 Å². The lowest BCUT2D eigenvalue weighted by Crippen LogP contribution is -2.43. The maximum Gasteiger partial charge on any atom is 0.250 e. The number of methoxy groups -OCH3 is 2. The van der Waals surface area contributed by atoms with Gasteiger partial charge in [-0.3, -0.25) is 9.59 Å². The molecule has 0 saturated heterocycles. The van der Waals surface area contributed by atoms with Crippen molar-refractivity contribution < 1.29 is 9.47 Å². The zero-order valence-corrected chi connectivity index (χ0v) is 16.0. The molecular formula is C22H23NO4. The third-order valence-electron chi connectivity index (χ3n) is 4.53. The third-order valence-corrected chi connectivity index (χ3v) is 4.53. The van der Waals surface area contributed by atoms with Gasteiger partial charge in [-0.1, -0.05) is 36.4 Å². The van der Waals surface area contributed by atoms with Gasteiger partial charge in [-0.2, -0.15) is 0 Å². The fourth-order valence-corrected chi connectivity index (χ4v) is 3.27. The molecule has 0 bridgehead atoms. The SMILES string of the molecule is COc1ccc(-c2c(NC(C)(C)Cc3ccccc3)c(=O)c2=O)cc1OC. The molecule has 0 amide bonds. The lowest BCUT2D eigenvalue weighted by molar-refractivity contribution is 0.355. The number of benzene rings is 2. The van der Waals surface area contributed by atoms with Crippen LogP contribution in [0.4, 0.5) is 5.69 Å². The van der Waals surface area contributed by atoms with Crippen molar-refractivity contribution in [2.24, 2.45) is 0 Å². The van der Waals surface area contributed by atoms with E-state index in [-0.39, 0.29) is 0 Å². The summed E-state index contributed by atoms with van der Waals surface area (Å²) in [5, 5.41) is 3.27. The van der Waals surface area contributed by atoms with Crippen molar-refractivity contribution in [3.05, 3.63) is 74.5 Å². The van der Waals surface area contributed by atoms with Gasteiger partial charge in [0.1, 0.15) is 0 Å². The second kappa shape index (κ2) is 7.27. The van der Waals surface area contributed by atoms with E-state index in [9.17, 15) is 9.59 Å². The van der Waals surface area contributed by atoms with Gasteiger partial charge in [-0.15, -0.1) is 0 Å². The van der Waals surface area contributed by atoms with Crippen molar-refractivity contribution in [3.63, 3.8) is 0 Å². The second-order valence-corrected chi connectivity index (χ2v) is 7.15. The zero-order valence-electron chi connectivity index (χ0n) is 16.0. The van der Waals surface area contributed by atoms with Gasteiger partial charge < -0.3 is 14.8 Å². The molecule has 3 rings (SSSR count). The summed E-state index contributed by atoms with van der Waals surface area (Å²) in [4.78, 5) is 24.5. The topological polar surface area (TPSA) is 64.6 Å². The Kier molecular flexibility index (Phi) is 5.04. The minimum atomic E-state index is -0.486. The van der Waals surface area contributed by atoms with Crippen LogP contribution < -0.4 is 25.6 Å². The monoisotopic (exact) mass is 365 g/mol. The number of ether oxygens (including phenoxy) is 2. The molecule has 27 heavy (non-hydrogen) atoms. The molecule has 0 aromatic heterocycles. The Morgan fingerprint density at radius 2 is 1.56 bits per heavy atom. The first-order valence-corrected chi connectivity index (χ1v) is 8.74. The van der Waals surface area contributed by atoms with E-state index >= 15 is 0 Å². The van der Waals surface area contributed by atoms with Crippen molar-refractivity contribution in [2.45, 2.75) is 25.8 Å².